The van der Waals surface area contributed by atoms with Gasteiger partial charge in [0.15, 0.2) is 0 Å². The van der Waals surface area contributed by atoms with Crippen LogP contribution in [0.15, 0.2) is 32.9 Å². The van der Waals surface area contributed by atoms with Gasteiger partial charge in [-0.05, 0) is 79.9 Å². The van der Waals surface area contributed by atoms with E-state index in [-0.39, 0.29) is 10.8 Å². The average Bonchev–Trinajstić information content (AvgIpc) is 2.90. The van der Waals surface area contributed by atoms with Crippen LogP contribution in [0.5, 0.6) is 0 Å². The highest BCUT2D eigenvalue weighted by Crippen LogP contribution is 2.60. The van der Waals surface area contributed by atoms with Gasteiger partial charge in [-0.1, -0.05) is 0 Å². The summed E-state index contributed by atoms with van der Waals surface area (Å²) in [5.41, 5.74) is -0.0105. The third kappa shape index (κ3) is 4.12. The van der Waals surface area contributed by atoms with E-state index >= 15 is 0 Å². The molecule has 5 fully saturated rings. The van der Waals surface area contributed by atoms with Crippen LogP contribution in [0.3, 0.4) is 0 Å². The predicted octanol–water partition coefficient (Wildman–Crippen LogP) is 1.63. The molecule has 0 spiro atoms. The van der Waals surface area contributed by atoms with E-state index in [9.17, 15) is 14.0 Å². The molecule has 0 amide bonds. The molecular weight excluding hydrogens is 449 g/mol. The molecule has 2 aromatic rings. The monoisotopic (exact) mass is 483 g/mol. The third-order valence-corrected chi connectivity index (χ3v) is 8.95. The SMILES string of the molecule is NN=c1c(=O)n(CCN2CCOCC2)c2cc(F)ccc2n(CC23CC4CC(CC(C4)C2)C3)c1=O. The Labute approximate surface area is 203 Å². The standard InChI is InChI=1S/C26H34FN5O3/c27-20-1-2-21-22(12-20)31(4-3-30-5-7-35-8-6-30)24(33)23(29-28)25(34)32(21)16-26-13-17-9-18(14-26)11-19(10-17)15-26/h1-2,12,17-19H,3-11,13-16,28H2. The number of rotatable bonds is 5. The van der Waals surface area contributed by atoms with E-state index in [0.29, 0.717) is 43.9 Å². The normalized spacial score (nSPS) is 30.9. The van der Waals surface area contributed by atoms with Crippen molar-refractivity contribution in [3.63, 3.8) is 0 Å². The minimum atomic E-state index is -0.564. The van der Waals surface area contributed by atoms with Crippen molar-refractivity contribution in [3.05, 3.63) is 50.1 Å². The van der Waals surface area contributed by atoms with Crippen molar-refractivity contribution in [3.8, 4) is 0 Å². The van der Waals surface area contributed by atoms with Crippen molar-refractivity contribution in [2.45, 2.75) is 51.6 Å². The van der Waals surface area contributed by atoms with Crippen molar-refractivity contribution in [2.24, 2.45) is 34.1 Å². The number of hydrogen-bond donors (Lipinski definition) is 1. The highest BCUT2D eigenvalue weighted by atomic mass is 19.1. The Bertz CT molecular complexity index is 1290. The topological polar surface area (TPSA) is 94.8 Å². The third-order valence-electron chi connectivity index (χ3n) is 8.95. The number of benzene rings is 1. The van der Waals surface area contributed by atoms with Gasteiger partial charge in [0.05, 0.1) is 24.2 Å². The fourth-order valence-electron chi connectivity index (χ4n) is 7.88. The molecule has 2 heterocycles. The molecule has 188 valence electrons. The van der Waals surface area contributed by atoms with Crippen LogP contribution in [-0.2, 0) is 17.8 Å². The smallest absolute Gasteiger partial charge is 0.284 e. The molecule has 8 nitrogen and oxygen atoms in total. The van der Waals surface area contributed by atoms with E-state index in [4.69, 9.17) is 10.6 Å². The largest absolute Gasteiger partial charge is 0.379 e. The quantitative estimate of drug-likeness (QED) is 0.515. The Morgan fingerprint density at radius 1 is 0.943 bits per heavy atom. The van der Waals surface area contributed by atoms with Crippen LogP contribution in [0, 0.1) is 29.0 Å². The number of nitrogens with two attached hydrogens (primary N) is 1. The average molecular weight is 484 g/mol. The summed E-state index contributed by atoms with van der Waals surface area (Å²) in [6, 6.07) is 4.37. The molecule has 4 aliphatic carbocycles. The maximum atomic E-state index is 14.5. The van der Waals surface area contributed by atoms with E-state index in [1.165, 1.54) is 36.0 Å². The molecule has 1 aliphatic heterocycles. The number of halogens is 1. The molecule has 5 aliphatic rings. The van der Waals surface area contributed by atoms with Gasteiger partial charge in [-0.25, -0.2) is 4.39 Å². The summed E-state index contributed by atoms with van der Waals surface area (Å²) >= 11 is 0. The minimum absolute atomic E-state index is 0.0434. The van der Waals surface area contributed by atoms with Crippen LogP contribution >= 0.6 is 0 Å². The number of ether oxygens (including phenoxy) is 1. The molecule has 7 rings (SSSR count). The molecule has 0 radical (unpaired) electrons. The van der Waals surface area contributed by atoms with E-state index in [1.807, 2.05) is 0 Å². The molecule has 4 saturated carbocycles. The van der Waals surface area contributed by atoms with Gasteiger partial charge in [-0.3, -0.25) is 14.5 Å². The number of morpholine rings is 1. The zero-order chi connectivity index (χ0) is 24.2. The molecule has 35 heavy (non-hydrogen) atoms. The van der Waals surface area contributed by atoms with Crippen molar-refractivity contribution in [2.75, 3.05) is 32.8 Å². The van der Waals surface area contributed by atoms with E-state index in [0.717, 1.165) is 50.1 Å². The number of hydrogen-bond acceptors (Lipinski definition) is 6. The summed E-state index contributed by atoms with van der Waals surface area (Å²) in [5, 5.41) is 3.39. The van der Waals surface area contributed by atoms with Crippen molar-refractivity contribution in [1.82, 2.24) is 14.0 Å². The first-order valence-corrected chi connectivity index (χ1v) is 13.0. The summed E-state index contributed by atoms with van der Waals surface area (Å²) in [7, 11) is 0. The number of nitrogens with zero attached hydrogens (tertiary/aromatic N) is 4. The number of aromatic nitrogens is 2. The predicted molar refractivity (Wildman–Crippen MR) is 130 cm³/mol. The lowest BCUT2D eigenvalue weighted by molar-refractivity contribution is -0.0617. The molecule has 4 bridgehead atoms. The second-order valence-electron chi connectivity index (χ2n) is 11.3. The first kappa shape index (κ1) is 22.9. The van der Waals surface area contributed by atoms with E-state index in [1.54, 1.807) is 10.6 Å². The highest BCUT2D eigenvalue weighted by molar-refractivity contribution is 5.75. The fraction of sp³-hybridized carbons (Fsp3) is 0.654. The van der Waals surface area contributed by atoms with Crippen LogP contribution in [0.4, 0.5) is 4.39 Å². The highest BCUT2D eigenvalue weighted by Gasteiger charge is 2.51. The first-order valence-electron chi connectivity index (χ1n) is 13.0. The lowest BCUT2D eigenvalue weighted by Crippen LogP contribution is -2.51. The van der Waals surface area contributed by atoms with Crippen molar-refractivity contribution in [1.29, 1.82) is 0 Å². The Morgan fingerprint density at radius 3 is 2.20 bits per heavy atom. The van der Waals surface area contributed by atoms with Crippen LogP contribution in [-0.4, -0.2) is 46.9 Å². The summed E-state index contributed by atoms with van der Waals surface area (Å²) in [6.07, 6.45) is 7.25. The zero-order valence-corrected chi connectivity index (χ0v) is 20.1. The van der Waals surface area contributed by atoms with Gasteiger partial charge in [0, 0.05) is 32.7 Å². The molecule has 9 heteroatoms. The van der Waals surface area contributed by atoms with Crippen LogP contribution < -0.4 is 22.3 Å². The summed E-state index contributed by atoms with van der Waals surface area (Å²) < 4.78 is 23.1. The Kier molecular flexibility index (Phi) is 5.79. The molecule has 1 aromatic heterocycles. The van der Waals surface area contributed by atoms with Crippen molar-refractivity contribution >= 4 is 11.0 Å². The van der Waals surface area contributed by atoms with Gasteiger partial charge in [-0.15, -0.1) is 0 Å². The van der Waals surface area contributed by atoms with Crippen molar-refractivity contribution < 1.29 is 9.13 Å². The van der Waals surface area contributed by atoms with E-state index in [2.05, 4.69) is 10.0 Å². The Morgan fingerprint density at radius 2 is 1.57 bits per heavy atom. The van der Waals surface area contributed by atoms with E-state index < -0.39 is 16.9 Å². The fourth-order valence-corrected chi connectivity index (χ4v) is 7.88. The lowest BCUT2D eigenvalue weighted by atomic mass is 9.49. The zero-order valence-electron chi connectivity index (χ0n) is 20.1. The second-order valence-corrected chi connectivity index (χ2v) is 11.3. The van der Waals surface area contributed by atoms with Gasteiger partial charge in [-0.2, -0.15) is 5.10 Å². The maximum absolute atomic E-state index is 14.5. The molecule has 1 aromatic carbocycles. The van der Waals surface area contributed by atoms with Gasteiger partial charge < -0.3 is 19.7 Å². The molecular formula is C26H34FN5O3. The maximum Gasteiger partial charge on any atom is 0.284 e. The van der Waals surface area contributed by atoms with Gasteiger partial charge in [0.25, 0.3) is 11.1 Å². The first-order chi connectivity index (χ1) is 16.9. The molecule has 0 atom stereocenters. The summed E-state index contributed by atoms with van der Waals surface area (Å²) in [6.45, 7) is 4.26. The van der Waals surface area contributed by atoms with Crippen LogP contribution in [0.1, 0.15) is 38.5 Å². The van der Waals surface area contributed by atoms with Gasteiger partial charge in [0.1, 0.15) is 5.82 Å². The van der Waals surface area contributed by atoms with Crippen LogP contribution in [0.2, 0.25) is 0 Å². The Balaban J connectivity index is 1.49. The summed E-state index contributed by atoms with van der Waals surface area (Å²) in [4.78, 5) is 29.5. The molecule has 2 N–H and O–H groups in total. The van der Waals surface area contributed by atoms with Crippen LogP contribution in [0.25, 0.3) is 11.0 Å². The number of fused-ring (bicyclic) bond motifs is 1. The molecule has 1 saturated heterocycles. The second kappa shape index (κ2) is 8.85. The van der Waals surface area contributed by atoms with Gasteiger partial charge >= 0.3 is 0 Å². The van der Waals surface area contributed by atoms with Gasteiger partial charge in [0.2, 0.25) is 5.36 Å². The lowest BCUT2D eigenvalue weighted by Gasteiger charge is -2.57. The minimum Gasteiger partial charge on any atom is -0.379 e. The summed E-state index contributed by atoms with van der Waals surface area (Å²) in [5.74, 6) is 7.37. The Hall–Kier alpha value is -2.52. The molecule has 0 unspecified atom stereocenters.